The predicted octanol–water partition coefficient (Wildman–Crippen LogP) is 15.6. The molecule has 1 aliphatic heterocycles. The van der Waals surface area contributed by atoms with Crippen LogP contribution in [-0.4, -0.2) is 7.28 Å². The number of aryl methyl sites for hydroxylation is 3. The minimum Gasteiger partial charge on any atom is -0.355 e. The van der Waals surface area contributed by atoms with Gasteiger partial charge in [0.05, 0.1) is 0 Å². The van der Waals surface area contributed by atoms with Crippen molar-refractivity contribution in [2.24, 2.45) is 0 Å². The average Bonchev–Trinajstić information content (AvgIpc) is 3.52. The van der Waals surface area contributed by atoms with E-state index in [4.69, 9.17) is 0 Å². The molecular weight excluding hydrogens is 784 g/mol. The van der Waals surface area contributed by atoms with Gasteiger partial charge in [0.2, 0.25) is 0 Å². The molecule has 1 aliphatic carbocycles. The molecule has 1 N–H and O–H groups in total. The molecule has 65 heavy (non-hydrogen) atoms. The van der Waals surface area contributed by atoms with Gasteiger partial charge in [-0.1, -0.05) is 161 Å². The van der Waals surface area contributed by atoms with Crippen LogP contribution in [0.1, 0.15) is 68.0 Å². The van der Waals surface area contributed by atoms with E-state index >= 15 is 0 Å². The van der Waals surface area contributed by atoms with Gasteiger partial charge in [-0.15, -0.1) is 0 Å². The molecule has 0 unspecified atom stereocenters. The van der Waals surface area contributed by atoms with Crippen LogP contribution in [0.25, 0.3) is 55.3 Å². The standard InChI is InChI=1S/C62H54BN2/c1-38-17-16-18-39(2)59(38)45-33-51(50-32-42-21-12-13-22-43(42)34-55(50)64-47-28-26-46(27-29-47)61(4,5)6)60-58(35-45)65(56-30-25-44(31-40(56)3)41-19-10-9-11-20-41)57-37-53-49(36-54(57)63-60)48-23-14-15-24-52(48)62(53,7)8/h9-37,64H,1-8H3. The molecule has 0 fully saturated rings. The van der Waals surface area contributed by atoms with Gasteiger partial charge in [0.25, 0.3) is 0 Å². The Morgan fingerprint density at radius 1 is 0.477 bits per heavy atom. The third-order valence-electron chi connectivity index (χ3n) is 14.2. The monoisotopic (exact) mass is 837 g/mol. The quantitative estimate of drug-likeness (QED) is 0.168. The summed E-state index contributed by atoms with van der Waals surface area (Å²) in [5.41, 5.74) is 25.7. The normalized spacial score (nSPS) is 13.4. The second kappa shape index (κ2) is 15.3. The number of nitrogens with zero attached hydrogens (tertiary/aromatic N) is 1. The van der Waals surface area contributed by atoms with E-state index in [0.29, 0.717) is 0 Å². The van der Waals surface area contributed by atoms with Crippen molar-refractivity contribution in [2.75, 3.05) is 10.2 Å². The van der Waals surface area contributed by atoms with Crippen LogP contribution >= 0.6 is 0 Å². The van der Waals surface area contributed by atoms with Gasteiger partial charge in [-0.05, 0) is 169 Å². The number of hydrogen-bond acceptors (Lipinski definition) is 2. The molecule has 0 bridgehead atoms. The minimum atomic E-state index is -0.152. The van der Waals surface area contributed by atoms with E-state index < -0.39 is 0 Å². The average molecular weight is 838 g/mol. The molecule has 9 aromatic carbocycles. The lowest BCUT2D eigenvalue weighted by atomic mass is 9.57. The maximum absolute atomic E-state index is 3.95. The highest BCUT2D eigenvalue weighted by Crippen LogP contribution is 2.52. The number of fused-ring (bicyclic) bond motifs is 6. The van der Waals surface area contributed by atoms with Crippen LogP contribution in [0.15, 0.2) is 176 Å². The highest BCUT2D eigenvalue weighted by atomic mass is 15.2. The van der Waals surface area contributed by atoms with Crippen molar-refractivity contribution in [1.29, 1.82) is 0 Å². The van der Waals surface area contributed by atoms with Crippen molar-refractivity contribution in [3.05, 3.63) is 209 Å². The summed E-state index contributed by atoms with van der Waals surface area (Å²) in [6.45, 7) is 18.4. The topological polar surface area (TPSA) is 15.3 Å². The Kier molecular flexibility index (Phi) is 9.56. The molecule has 0 saturated carbocycles. The van der Waals surface area contributed by atoms with E-state index in [1.54, 1.807) is 0 Å². The maximum atomic E-state index is 3.95. The van der Waals surface area contributed by atoms with Crippen molar-refractivity contribution < 1.29 is 0 Å². The number of benzene rings is 9. The van der Waals surface area contributed by atoms with Gasteiger partial charge in [-0.3, -0.25) is 0 Å². The summed E-state index contributed by atoms with van der Waals surface area (Å²) < 4.78 is 0. The van der Waals surface area contributed by atoms with Crippen LogP contribution in [0.4, 0.5) is 28.4 Å². The van der Waals surface area contributed by atoms with E-state index in [1.165, 1.54) is 111 Å². The van der Waals surface area contributed by atoms with E-state index in [2.05, 4.69) is 249 Å². The highest BCUT2D eigenvalue weighted by molar-refractivity contribution is 6.73. The van der Waals surface area contributed by atoms with Crippen LogP contribution in [-0.2, 0) is 10.8 Å². The Bertz CT molecular complexity index is 3330. The molecule has 0 amide bonds. The zero-order valence-electron chi connectivity index (χ0n) is 38.8. The third-order valence-corrected chi connectivity index (χ3v) is 14.2. The first kappa shape index (κ1) is 40.7. The zero-order chi connectivity index (χ0) is 44.8. The first-order valence-electron chi connectivity index (χ1n) is 23.1. The van der Waals surface area contributed by atoms with Crippen LogP contribution in [0, 0.1) is 20.8 Å². The van der Waals surface area contributed by atoms with Gasteiger partial charge in [0.1, 0.15) is 0 Å². The van der Waals surface area contributed by atoms with Crippen molar-refractivity contribution in [3.8, 4) is 44.5 Å². The number of nitrogens with one attached hydrogen (secondary N) is 1. The first-order chi connectivity index (χ1) is 31.3. The smallest absolute Gasteiger partial charge is 0.197 e. The van der Waals surface area contributed by atoms with Crippen molar-refractivity contribution in [1.82, 2.24) is 0 Å². The van der Waals surface area contributed by atoms with Gasteiger partial charge < -0.3 is 10.2 Å². The molecule has 2 nitrogen and oxygen atoms in total. The van der Waals surface area contributed by atoms with Crippen molar-refractivity contribution in [3.63, 3.8) is 0 Å². The number of anilines is 5. The number of hydrogen-bond donors (Lipinski definition) is 1. The van der Waals surface area contributed by atoms with Crippen LogP contribution in [0.3, 0.4) is 0 Å². The lowest BCUT2D eigenvalue weighted by Crippen LogP contribution is -2.41. The molecule has 1 heterocycles. The fraction of sp³-hybridized carbons (Fsp3) is 0.161. The molecule has 2 aliphatic rings. The molecule has 1 radical (unpaired) electrons. The highest BCUT2D eigenvalue weighted by Gasteiger charge is 2.39. The van der Waals surface area contributed by atoms with Gasteiger partial charge in [0, 0.05) is 39.4 Å². The largest absolute Gasteiger partial charge is 0.355 e. The second-order valence-electron chi connectivity index (χ2n) is 19.9. The molecule has 11 rings (SSSR count). The molecular formula is C62H54BN2. The first-order valence-corrected chi connectivity index (χ1v) is 23.1. The molecule has 0 atom stereocenters. The Balaban J connectivity index is 1.20. The molecule has 0 aromatic heterocycles. The second-order valence-corrected chi connectivity index (χ2v) is 19.9. The van der Waals surface area contributed by atoms with Crippen molar-refractivity contribution >= 4 is 57.4 Å². The summed E-state index contributed by atoms with van der Waals surface area (Å²) in [6.07, 6.45) is 0. The summed E-state index contributed by atoms with van der Waals surface area (Å²) in [6, 6.07) is 65.8. The number of rotatable bonds is 6. The lowest BCUT2D eigenvalue weighted by molar-refractivity contribution is 0.590. The van der Waals surface area contributed by atoms with Gasteiger partial charge >= 0.3 is 0 Å². The zero-order valence-corrected chi connectivity index (χ0v) is 38.8. The van der Waals surface area contributed by atoms with Crippen LogP contribution in [0.2, 0.25) is 0 Å². The van der Waals surface area contributed by atoms with Crippen molar-refractivity contribution in [2.45, 2.75) is 66.2 Å². The van der Waals surface area contributed by atoms with Gasteiger partial charge in [-0.25, -0.2) is 0 Å². The Morgan fingerprint density at radius 2 is 1.17 bits per heavy atom. The third kappa shape index (κ3) is 6.88. The Hall–Kier alpha value is -7.10. The molecule has 0 saturated heterocycles. The maximum Gasteiger partial charge on any atom is 0.197 e. The van der Waals surface area contributed by atoms with E-state index in [0.717, 1.165) is 16.9 Å². The molecule has 315 valence electrons. The molecule has 3 heteroatoms. The summed E-state index contributed by atoms with van der Waals surface area (Å²) in [5, 5.41) is 6.36. The lowest BCUT2D eigenvalue weighted by Gasteiger charge is -2.37. The Labute approximate surface area is 385 Å². The summed E-state index contributed by atoms with van der Waals surface area (Å²) in [4.78, 5) is 2.58. The van der Waals surface area contributed by atoms with Gasteiger partial charge in [-0.2, -0.15) is 0 Å². The minimum absolute atomic E-state index is 0.0655. The van der Waals surface area contributed by atoms with Crippen LogP contribution in [0.5, 0.6) is 0 Å². The van der Waals surface area contributed by atoms with Gasteiger partial charge in [0.15, 0.2) is 7.28 Å². The van der Waals surface area contributed by atoms with E-state index in [-0.39, 0.29) is 10.8 Å². The molecule has 0 spiro atoms. The summed E-state index contributed by atoms with van der Waals surface area (Å²) in [5.74, 6) is 0. The van der Waals surface area contributed by atoms with Crippen LogP contribution < -0.4 is 21.1 Å². The predicted molar refractivity (Wildman–Crippen MR) is 280 cm³/mol. The SMILES string of the molecule is Cc1cc(-c2ccccc2)ccc1N1c2cc3c(cc2[B]c2c(-c4cc5ccccc5cc4Nc4ccc(C(C)(C)C)cc4)cc(-c4c(C)cccc4C)cc21)-c1ccccc1C3(C)C. The van der Waals surface area contributed by atoms with E-state index in [9.17, 15) is 0 Å². The summed E-state index contributed by atoms with van der Waals surface area (Å²) in [7, 11) is 2.48. The van der Waals surface area contributed by atoms with E-state index in [1.807, 2.05) is 0 Å². The molecule has 9 aromatic rings. The fourth-order valence-electron chi connectivity index (χ4n) is 10.7. The summed E-state index contributed by atoms with van der Waals surface area (Å²) >= 11 is 0. The Morgan fingerprint density at radius 3 is 1.89 bits per heavy atom. The fourth-order valence-corrected chi connectivity index (χ4v) is 10.7.